The summed E-state index contributed by atoms with van der Waals surface area (Å²) in [5.41, 5.74) is 0. The quantitative estimate of drug-likeness (QED) is 0.442. The van der Waals surface area contributed by atoms with E-state index in [1.807, 2.05) is 6.29 Å². The fraction of sp³-hybridized carbons (Fsp3) is 0.800. The van der Waals surface area contributed by atoms with Gasteiger partial charge in [-0.3, -0.25) is 4.79 Å². The van der Waals surface area contributed by atoms with Crippen LogP contribution in [0.25, 0.3) is 0 Å². The van der Waals surface area contributed by atoms with Gasteiger partial charge in [-0.1, -0.05) is 0 Å². The lowest BCUT2D eigenvalue weighted by Gasteiger charge is -2.18. The van der Waals surface area contributed by atoms with Gasteiger partial charge in [0.15, 0.2) is 0 Å². The van der Waals surface area contributed by atoms with Crippen LogP contribution in [-0.4, -0.2) is 32.0 Å². The zero-order valence-electron chi connectivity index (χ0n) is 4.61. The molecule has 1 saturated heterocycles. The molecule has 1 rings (SSSR count). The molecule has 0 aromatic carbocycles. The van der Waals surface area contributed by atoms with E-state index in [-0.39, 0.29) is 6.04 Å². The van der Waals surface area contributed by atoms with Crippen molar-refractivity contribution in [2.75, 3.05) is 19.6 Å². The van der Waals surface area contributed by atoms with Crippen molar-refractivity contribution < 1.29 is 4.79 Å². The smallest absolute Gasteiger partial charge is 0.218 e. The monoisotopic (exact) mass is 113 g/mol. The van der Waals surface area contributed by atoms with E-state index in [9.17, 15) is 4.79 Å². The van der Waals surface area contributed by atoms with Gasteiger partial charge in [-0.15, -0.1) is 0 Å². The van der Waals surface area contributed by atoms with Crippen molar-refractivity contribution >= 4 is 6.29 Å². The molecule has 1 unspecified atom stereocenters. The van der Waals surface area contributed by atoms with Crippen LogP contribution in [0.2, 0.25) is 0 Å². The minimum absolute atomic E-state index is 0.0799. The van der Waals surface area contributed by atoms with Crippen LogP contribution in [0.1, 0.15) is 0 Å². The molecule has 0 aromatic rings. The Morgan fingerprint density at radius 1 is 1.50 bits per heavy atom. The Kier molecular flexibility index (Phi) is 2.00. The lowest BCUT2D eigenvalue weighted by molar-refractivity contribution is 0.456. The summed E-state index contributed by atoms with van der Waals surface area (Å²) < 4.78 is 0. The summed E-state index contributed by atoms with van der Waals surface area (Å²) in [6.45, 7) is 2.56. The van der Waals surface area contributed by atoms with Gasteiger partial charge in [0.25, 0.3) is 0 Å². The fourth-order valence-electron chi connectivity index (χ4n) is 0.737. The fourth-order valence-corrected chi connectivity index (χ4v) is 0.737. The molecule has 1 aliphatic rings. The second kappa shape index (κ2) is 2.79. The molecule has 2 N–H and O–H groups in total. The van der Waals surface area contributed by atoms with E-state index in [2.05, 4.69) is 10.6 Å². The first-order valence-electron chi connectivity index (χ1n) is 2.75. The van der Waals surface area contributed by atoms with Crippen LogP contribution in [-0.2, 0) is 4.79 Å². The molecule has 0 aromatic heterocycles. The van der Waals surface area contributed by atoms with Crippen LogP contribution in [0.4, 0.5) is 0 Å². The predicted octanol–water partition coefficient (Wildman–Crippen LogP) is -1.34. The Morgan fingerprint density at radius 2 is 2.38 bits per heavy atom. The number of piperazine rings is 1. The molecule has 45 valence electrons. The van der Waals surface area contributed by atoms with Crippen molar-refractivity contribution in [3.05, 3.63) is 0 Å². The molecule has 3 heteroatoms. The lowest BCUT2D eigenvalue weighted by Crippen LogP contribution is -2.48. The van der Waals surface area contributed by atoms with E-state index in [0.29, 0.717) is 0 Å². The van der Waals surface area contributed by atoms with Crippen LogP contribution in [0.15, 0.2) is 0 Å². The number of carbonyl (C=O) groups excluding carboxylic acids is 1. The average Bonchev–Trinajstić information content (AvgIpc) is 1.90. The van der Waals surface area contributed by atoms with Crippen molar-refractivity contribution in [3.63, 3.8) is 0 Å². The van der Waals surface area contributed by atoms with Crippen molar-refractivity contribution in [2.24, 2.45) is 0 Å². The number of nitrogens with one attached hydrogen (secondary N) is 2. The van der Waals surface area contributed by atoms with E-state index >= 15 is 0 Å². The minimum atomic E-state index is -0.0799. The van der Waals surface area contributed by atoms with Gasteiger partial charge < -0.3 is 10.6 Å². The van der Waals surface area contributed by atoms with Crippen LogP contribution >= 0.6 is 0 Å². The summed E-state index contributed by atoms with van der Waals surface area (Å²) in [7, 11) is 0. The van der Waals surface area contributed by atoms with Crippen LogP contribution in [0, 0.1) is 0 Å². The van der Waals surface area contributed by atoms with Crippen molar-refractivity contribution in [1.29, 1.82) is 0 Å². The van der Waals surface area contributed by atoms with Gasteiger partial charge in [0, 0.05) is 19.6 Å². The standard InChI is InChI=1S/C5H9N2O/c8-4-5-3-6-1-2-7-5/h5-7H,1-3H2. The van der Waals surface area contributed by atoms with Crippen molar-refractivity contribution in [2.45, 2.75) is 6.04 Å². The lowest BCUT2D eigenvalue weighted by atomic mass is 10.3. The van der Waals surface area contributed by atoms with Crippen LogP contribution in [0.5, 0.6) is 0 Å². The topological polar surface area (TPSA) is 41.1 Å². The van der Waals surface area contributed by atoms with Gasteiger partial charge in [-0.05, 0) is 0 Å². The summed E-state index contributed by atoms with van der Waals surface area (Å²) in [6.07, 6.45) is 1.88. The Balaban J connectivity index is 2.22. The average molecular weight is 113 g/mol. The van der Waals surface area contributed by atoms with E-state index < -0.39 is 0 Å². The van der Waals surface area contributed by atoms with Gasteiger partial charge >= 0.3 is 0 Å². The third-order valence-corrected chi connectivity index (χ3v) is 1.18. The van der Waals surface area contributed by atoms with E-state index in [4.69, 9.17) is 0 Å². The highest BCUT2D eigenvalue weighted by molar-refractivity contribution is 5.59. The molecule has 8 heavy (non-hydrogen) atoms. The first kappa shape index (κ1) is 5.72. The van der Waals surface area contributed by atoms with E-state index in [0.717, 1.165) is 19.6 Å². The Labute approximate surface area is 48.5 Å². The van der Waals surface area contributed by atoms with Crippen molar-refractivity contribution in [1.82, 2.24) is 10.6 Å². The second-order valence-electron chi connectivity index (χ2n) is 1.83. The summed E-state index contributed by atoms with van der Waals surface area (Å²) in [5.74, 6) is 0. The third-order valence-electron chi connectivity index (χ3n) is 1.18. The van der Waals surface area contributed by atoms with E-state index in [1.54, 1.807) is 0 Å². The molecular weight excluding hydrogens is 104 g/mol. The Morgan fingerprint density at radius 3 is 2.75 bits per heavy atom. The molecule has 1 heterocycles. The summed E-state index contributed by atoms with van der Waals surface area (Å²) >= 11 is 0. The molecule has 0 aliphatic carbocycles. The zero-order chi connectivity index (χ0) is 5.82. The molecule has 1 atom stereocenters. The zero-order valence-corrected chi connectivity index (χ0v) is 4.61. The maximum Gasteiger partial charge on any atom is 0.218 e. The number of hydrogen-bond donors (Lipinski definition) is 2. The van der Waals surface area contributed by atoms with Gasteiger partial charge in [-0.25, -0.2) is 0 Å². The minimum Gasteiger partial charge on any atom is -0.313 e. The van der Waals surface area contributed by atoms with Gasteiger partial charge in [-0.2, -0.15) is 0 Å². The first-order chi connectivity index (χ1) is 3.93. The highest BCUT2D eigenvalue weighted by Gasteiger charge is 2.09. The largest absolute Gasteiger partial charge is 0.313 e. The summed E-state index contributed by atoms with van der Waals surface area (Å²) in [6, 6.07) is -0.0799. The molecule has 0 bridgehead atoms. The maximum atomic E-state index is 9.93. The highest BCUT2D eigenvalue weighted by atomic mass is 16.1. The SMILES string of the molecule is O=[C]C1CNCCN1. The summed E-state index contributed by atoms with van der Waals surface area (Å²) in [4.78, 5) is 9.93. The third kappa shape index (κ3) is 1.28. The normalized spacial score (nSPS) is 29.8. The molecule has 3 nitrogen and oxygen atoms in total. The molecular formula is C5H9N2O. The Hall–Kier alpha value is -0.410. The Bertz CT molecular complexity index is 78.5. The number of hydrogen-bond acceptors (Lipinski definition) is 3. The van der Waals surface area contributed by atoms with Crippen LogP contribution in [0.3, 0.4) is 0 Å². The van der Waals surface area contributed by atoms with E-state index in [1.165, 1.54) is 0 Å². The molecule has 1 aliphatic heterocycles. The maximum absolute atomic E-state index is 9.93. The predicted molar refractivity (Wildman–Crippen MR) is 30.4 cm³/mol. The second-order valence-corrected chi connectivity index (χ2v) is 1.83. The van der Waals surface area contributed by atoms with Crippen LogP contribution < -0.4 is 10.6 Å². The number of rotatable bonds is 1. The van der Waals surface area contributed by atoms with Gasteiger partial charge in [0.2, 0.25) is 6.29 Å². The molecule has 1 fully saturated rings. The first-order valence-corrected chi connectivity index (χ1v) is 2.75. The van der Waals surface area contributed by atoms with Gasteiger partial charge in [0.05, 0.1) is 6.04 Å². The summed E-state index contributed by atoms with van der Waals surface area (Å²) in [5, 5.41) is 6.04. The highest BCUT2D eigenvalue weighted by Crippen LogP contribution is 1.79. The molecule has 0 saturated carbocycles. The molecule has 0 spiro atoms. The molecule has 1 radical (unpaired) electrons. The molecule has 0 amide bonds. The van der Waals surface area contributed by atoms with Crippen molar-refractivity contribution in [3.8, 4) is 0 Å². The van der Waals surface area contributed by atoms with Gasteiger partial charge in [0.1, 0.15) is 0 Å².